The molecule has 0 spiro atoms. The normalized spacial score (nSPS) is 12.4. The summed E-state index contributed by atoms with van der Waals surface area (Å²) in [5.41, 5.74) is 5.75. The molecule has 0 aromatic rings. The van der Waals surface area contributed by atoms with E-state index in [1.54, 1.807) is 0 Å². The third-order valence-electron chi connectivity index (χ3n) is 0.799. The van der Waals surface area contributed by atoms with Crippen molar-refractivity contribution in [2.75, 3.05) is 0 Å². The van der Waals surface area contributed by atoms with Crippen LogP contribution in [0.5, 0.6) is 0 Å². The number of nitrogens with two attached hydrogens (primary N) is 1. The Hall–Kier alpha value is -1.05. The largest absolute Gasteiger partial charge is 0.366 e. The van der Waals surface area contributed by atoms with Crippen molar-refractivity contribution in [3.63, 3.8) is 0 Å². The Kier molecular flexibility index (Phi) is 3.44. The number of hydrogen-bond donors (Lipinski definition) is 1. The number of carbonyl (C=O) groups excluding carboxylic acids is 1. The molecule has 0 aliphatic carbocycles. The lowest BCUT2D eigenvalue weighted by Crippen LogP contribution is -2.06. The molecule has 0 aliphatic heterocycles. The van der Waals surface area contributed by atoms with Crippen molar-refractivity contribution in [3.8, 4) is 0 Å². The summed E-state index contributed by atoms with van der Waals surface area (Å²) in [4.78, 5) is 10.2. The van der Waals surface area contributed by atoms with Crippen molar-refractivity contribution < 1.29 is 4.79 Å². The first-order valence-corrected chi connectivity index (χ1v) is 2.77. The lowest BCUT2D eigenvalue weighted by atomic mass is 10.2. The third kappa shape index (κ3) is 4.81. The van der Waals surface area contributed by atoms with Crippen LogP contribution in [0.1, 0.15) is 13.8 Å². The van der Waals surface area contributed by atoms with Crippen LogP contribution in [0.25, 0.3) is 0 Å². The number of primary amides is 1. The van der Waals surface area contributed by atoms with Crippen LogP contribution < -0.4 is 5.73 Å². The van der Waals surface area contributed by atoms with E-state index in [9.17, 15) is 4.79 Å². The minimum atomic E-state index is -0.398. The Morgan fingerprint density at radius 1 is 1.56 bits per heavy atom. The summed E-state index contributed by atoms with van der Waals surface area (Å²) in [5.74, 6) is -0.398. The Balaban J connectivity index is 4.00. The number of allylic oxidation sites excluding steroid dienone is 3. The molecule has 0 rings (SSSR count). The summed E-state index contributed by atoms with van der Waals surface area (Å²) in [6.07, 6.45) is 5.07. The summed E-state index contributed by atoms with van der Waals surface area (Å²) >= 11 is 0. The van der Waals surface area contributed by atoms with Gasteiger partial charge >= 0.3 is 0 Å². The molecule has 0 saturated heterocycles. The zero-order valence-corrected chi connectivity index (χ0v) is 5.72. The topological polar surface area (TPSA) is 43.1 Å². The van der Waals surface area contributed by atoms with Gasteiger partial charge in [-0.05, 0) is 19.4 Å². The van der Waals surface area contributed by atoms with E-state index in [2.05, 4.69) is 0 Å². The molecule has 2 nitrogen and oxygen atoms in total. The van der Waals surface area contributed by atoms with Crippen molar-refractivity contribution in [2.45, 2.75) is 13.8 Å². The van der Waals surface area contributed by atoms with Gasteiger partial charge in [0, 0.05) is 6.08 Å². The molecule has 0 radical (unpaired) electrons. The molecule has 0 aromatic carbocycles. The smallest absolute Gasteiger partial charge is 0.241 e. The van der Waals surface area contributed by atoms with E-state index in [1.165, 1.54) is 6.08 Å². The molecule has 0 saturated carbocycles. The molecule has 50 valence electrons. The van der Waals surface area contributed by atoms with Crippen LogP contribution in [-0.4, -0.2) is 5.91 Å². The minimum Gasteiger partial charge on any atom is -0.366 e. The van der Waals surface area contributed by atoms with Gasteiger partial charge in [-0.15, -0.1) is 0 Å². The molecule has 0 bridgehead atoms. The second kappa shape index (κ2) is 3.89. The van der Waals surface area contributed by atoms with Gasteiger partial charge in [0.1, 0.15) is 0 Å². The summed E-state index contributed by atoms with van der Waals surface area (Å²) in [7, 11) is 0. The summed E-state index contributed by atoms with van der Waals surface area (Å²) in [5, 5.41) is 0. The monoisotopic (exact) mass is 125 g/mol. The molecule has 0 atom stereocenters. The molecule has 1 amide bonds. The van der Waals surface area contributed by atoms with E-state index in [0.717, 1.165) is 5.57 Å². The first kappa shape index (κ1) is 7.95. The van der Waals surface area contributed by atoms with Crippen molar-refractivity contribution in [2.24, 2.45) is 5.73 Å². The van der Waals surface area contributed by atoms with Crippen LogP contribution in [0.2, 0.25) is 0 Å². The maximum Gasteiger partial charge on any atom is 0.241 e. The number of rotatable bonds is 2. The molecular weight excluding hydrogens is 114 g/mol. The Bertz CT molecular complexity index is 156. The predicted molar refractivity (Wildman–Crippen MR) is 37.8 cm³/mol. The quantitative estimate of drug-likeness (QED) is 0.434. The van der Waals surface area contributed by atoms with Crippen LogP contribution in [0, 0.1) is 0 Å². The predicted octanol–water partition coefficient (Wildman–Crippen LogP) is 0.994. The lowest BCUT2D eigenvalue weighted by molar-refractivity contribution is -0.113. The van der Waals surface area contributed by atoms with Crippen molar-refractivity contribution >= 4 is 5.91 Å². The molecule has 0 unspecified atom stereocenters. The van der Waals surface area contributed by atoms with Crippen LogP contribution in [0.4, 0.5) is 0 Å². The highest BCUT2D eigenvalue weighted by atomic mass is 16.1. The SMILES string of the molecule is C/C=C/C(C)=C/C(N)=O. The fourth-order valence-electron chi connectivity index (χ4n) is 0.535. The van der Waals surface area contributed by atoms with E-state index >= 15 is 0 Å². The van der Waals surface area contributed by atoms with Gasteiger partial charge in [-0.25, -0.2) is 0 Å². The van der Waals surface area contributed by atoms with Crippen LogP contribution in [0.3, 0.4) is 0 Å². The van der Waals surface area contributed by atoms with E-state index in [-0.39, 0.29) is 0 Å². The van der Waals surface area contributed by atoms with Gasteiger partial charge in [-0.3, -0.25) is 4.79 Å². The molecule has 0 fully saturated rings. The molecule has 0 aliphatic rings. The molecular formula is C7H11NO. The highest BCUT2D eigenvalue weighted by molar-refractivity contribution is 5.86. The number of carbonyl (C=O) groups is 1. The van der Waals surface area contributed by atoms with Crippen LogP contribution in [-0.2, 0) is 4.79 Å². The Labute approximate surface area is 55.1 Å². The Morgan fingerprint density at radius 3 is 2.44 bits per heavy atom. The second-order valence-electron chi connectivity index (χ2n) is 1.79. The zero-order valence-electron chi connectivity index (χ0n) is 5.72. The average Bonchev–Trinajstić information content (AvgIpc) is 1.63. The van der Waals surface area contributed by atoms with Crippen LogP contribution in [0.15, 0.2) is 23.8 Å². The zero-order chi connectivity index (χ0) is 7.28. The van der Waals surface area contributed by atoms with E-state index < -0.39 is 5.91 Å². The number of amides is 1. The number of hydrogen-bond acceptors (Lipinski definition) is 1. The van der Waals surface area contributed by atoms with E-state index in [1.807, 2.05) is 26.0 Å². The van der Waals surface area contributed by atoms with Gasteiger partial charge in [-0.1, -0.05) is 12.2 Å². The fourth-order valence-corrected chi connectivity index (χ4v) is 0.535. The lowest BCUT2D eigenvalue weighted by Gasteiger charge is -1.85. The van der Waals surface area contributed by atoms with Crippen molar-refractivity contribution in [1.82, 2.24) is 0 Å². The maximum atomic E-state index is 10.2. The first-order chi connectivity index (χ1) is 4.16. The van der Waals surface area contributed by atoms with Gasteiger partial charge in [-0.2, -0.15) is 0 Å². The maximum absolute atomic E-state index is 10.2. The summed E-state index contributed by atoms with van der Waals surface area (Å²) in [6, 6.07) is 0. The van der Waals surface area contributed by atoms with Gasteiger partial charge in [0.15, 0.2) is 0 Å². The second-order valence-corrected chi connectivity index (χ2v) is 1.79. The highest BCUT2D eigenvalue weighted by Gasteiger charge is 1.84. The summed E-state index contributed by atoms with van der Waals surface area (Å²) < 4.78 is 0. The average molecular weight is 125 g/mol. The van der Waals surface area contributed by atoms with Gasteiger partial charge < -0.3 is 5.73 Å². The van der Waals surface area contributed by atoms with Crippen molar-refractivity contribution in [3.05, 3.63) is 23.8 Å². The fraction of sp³-hybridized carbons (Fsp3) is 0.286. The van der Waals surface area contributed by atoms with Gasteiger partial charge in [0.2, 0.25) is 5.91 Å². The minimum absolute atomic E-state index is 0.398. The van der Waals surface area contributed by atoms with E-state index in [0.29, 0.717) is 0 Å². The summed E-state index contributed by atoms with van der Waals surface area (Å²) in [6.45, 7) is 3.71. The molecule has 9 heavy (non-hydrogen) atoms. The Morgan fingerprint density at radius 2 is 2.11 bits per heavy atom. The first-order valence-electron chi connectivity index (χ1n) is 2.77. The van der Waals surface area contributed by atoms with E-state index in [4.69, 9.17) is 5.73 Å². The third-order valence-corrected chi connectivity index (χ3v) is 0.799. The van der Waals surface area contributed by atoms with Gasteiger partial charge in [0.05, 0.1) is 0 Å². The van der Waals surface area contributed by atoms with Crippen LogP contribution >= 0.6 is 0 Å². The van der Waals surface area contributed by atoms with Gasteiger partial charge in [0.25, 0.3) is 0 Å². The standard InChI is InChI=1S/C7H11NO/c1-3-4-6(2)5-7(8)9/h3-5H,1-2H3,(H2,8,9)/b4-3+,6-5+. The van der Waals surface area contributed by atoms with Crippen molar-refractivity contribution in [1.29, 1.82) is 0 Å². The highest BCUT2D eigenvalue weighted by Crippen LogP contribution is 1.91. The molecule has 0 heterocycles. The molecule has 2 N–H and O–H groups in total. The molecule has 0 aromatic heterocycles. The molecule has 2 heteroatoms.